The summed E-state index contributed by atoms with van der Waals surface area (Å²) in [4.78, 5) is 15.2. The van der Waals surface area contributed by atoms with Gasteiger partial charge in [-0.1, -0.05) is 66.4 Å². The molecule has 0 saturated carbocycles. The van der Waals surface area contributed by atoms with E-state index in [1.807, 2.05) is 61.5 Å². The minimum absolute atomic E-state index is 0.0953. The largest absolute Gasteiger partial charge is 0.494 e. The Bertz CT molecular complexity index is 1050. The van der Waals surface area contributed by atoms with Gasteiger partial charge in [0.1, 0.15) is 5.75 Å². The summed E-state index contributed by atoms with van der Waals surface area (Å²) in [7, 11) is 0. The van der Waals surface area contributed by atoms with Gasteiger partial charge in [-0.05, 0) is 53.6 Å². The van der Waals surface area contributed by atoms with Crippen LogP contribution in [-0.2, 0) is 4.79 Å². The van der Waals surface area contributed by atoms with Crippen molar-refractivity contribution < 1.29 is 9.53 Å². The van der Waals surface area contributed by atoms with Gasteiger partial charge in [0.15, 0.2) is 4.32 Å². The third-order valence-electron chi connectivity index (χ3n) is 4.31. The average Bonchev–Trinajstić information content (AvgIpc) is 2.96. The normalized spacial score (nSPS) is 15.7. The minimum atomic E-state index is -0.0953. The van der Waals surface area contributed by atoms with Crippen LogP contribution in [0.3, 0.4) is 0 Å². The number of nitrogens with zero attached hydrogens (tertiary/aromatic N) is 1. The van der Waals surface area contributed by atoms with Crippen molar-refractivity contribution >= 4 is 56.7 Å². The second kappa shape index (κ2) is 7.55. The van der Waals surface area contributed by atoms with Crippen molar-refractivity contribution in [1.29, 1.82) is 0 Å². The van der Waals surface area contributed by atoms with Gasteiger partial charge in [-0.2, -0.15) is 0 Å². The lowest BCUT2D eigenvalue weighted by Gasteiger charge is -2.15. The molecule has 0 N–H and O–H groups in total. The fourth-order valence-corrected chi connectivity index (χ4v) is 4.36. The van der Waals surface area contributed by atoms with Gasteiger partial charge in [0.25, 0.3) is 5.91 Å². The third kappa shape index (κ3) is 3.48. The van der Waals surface area contributed by atoms with Crippen molar-refractivity contribution in [2.45, 2.75) is 6.92 Å². The maximum absolute atomic E-state index is 13.0. The van der Waals surface area contributed by atoms with E-state index in [-0.39, 0.29) is 5.91 Å². The Labute approximate surface area is 167 Å². The monoisotopic (exact) mass is 391 g/mol. The van der Waals surface area contributed by atoms with Crippen LogP contribution < -0.4 is 9.64 Å². The zero-order valence-electron chi connectivity index (χ0n) is 14.7. The number of fused-ring (bicyclic) bond motifs is 1. The van der Waals surface area contributed by atoms with E-state index < -0.39 is 0 Å². The van der Waals surface area contributed by atoms with Crippen LogP contribution in [0, 0.1) is 0 Å². The van der Waals surface area contributed by atoms with Gasteiger partial charge < -0.3 is 4.74 Å². The van der Waals surface area contributed by atoms with Crippen molar-refractivity contribution in [3.8, 4) is 5.75 Å². The molecule has 1 amide bonds. The molecule has 3 aromatic rings. The molecule has 0 atom stereocenters. The number of thiocarbonyl (C=S) groups is 1. The highest BCUT2D eigenvalue weighted by Crippen LogP contribution is 2.37. The van der Waals surface area contributed by atoms with Crippen molar-refractivity contribution in [2.24, 2.45) is 0 Å². The molecule has 1 aliphatic rings. The molecule has 0 unspecified atom stereocenters. The predicted molar refractivity (Wildman–Crippen MR) is 117 cm³/mol. The Morgan fingerprint density at radius 3 is 2.56 bits per heavy atom. The van der Waals surface area contributed by atoms with Crippen LogP contribution in [0.15, 0.2) is 71.6 Å². The van der Waals surface area contributed by atoms with Crippen molar-refractivity contribution in [1.82, 2.24) is 0 Å². The molecule has 0 bridgehead atoms. The molecule has 3 nitrogen and oxygen atoms in total. The van der Waals surface area contributed by atoms with Crippen molar-refractivity contribution in [3.05, 3.63) is 77.2 Å². The highest BCUT2D eigenvalue weighted by Gasteiger charge is 2.33. The van der Waals surface area contributed by atoms with Crippen LogP contribution in [0.2, 0.25) is 0 Å². The molecule has 0 radical (unpaired) electrons. The van der Waals surface area contributed by atoms with Crippen LogP contribution in [-0.4, -0.2) is 16.8 Å². The summed E-state index contributed by atoms with van der Waals surface area (Å²) in [6.07, 6.45) is 1.93. The van der Waals surface area contributed by atoms with E-state index in [2.05, 4.69) is 18.2 Å². The first-order chi connectivity index (χ1) is 13.2. The first-order valence-electron chi connectivity index (χ1n) is 8.66. The van der Waals surface area contributed by atoms with E-state index in [0.717, 1.165) is 27.8 Å². The molecule has 1 heterocycles. The molecule has 5 heteroatoms. The number of rotatable bonds is 4. The summed E-state index contributed by atoms with van der Waals surface area (Å²) in [5.74, 6) is 0.681. The van der Waals surface area contributed by atoms with E-state index >= 15 is 0 Å². The van der Waals surface area contributed by atoms with Crippen LogP contribution in [0.1, 0.15) is 12.5 Å². The van der Waals surface area contributed by atoms with Gasteiger partial charge in [-0.3, -0.25) is 9.69 Å². The quantitative estimate of drug-likeness (QED) is 0.425. The molecule has 1 fully saturated rings. The van der Waals surface area contributed by atoms with Crippen LogP contribution in [0.25, 0.3) is 16.8 Å². The third-order valence-corrected chi connectivity index (χ3v) is 5.61. The van der Waals surface area contributed by atoms with Gasteiger partial charge in [0.05, 0.1) is 17.2 Å². The maximum atomic E-state index is 13.0. The number of hydrogen-bond acceptors (Lipinski definition) is 4. The summed E-state index contributed by atoms with van der Waals surface area (Å²) < 4.78 is 6.00. The molecule has 0 spiro atoms. The standard InChI is InChI=1S/C22H17NO2S2/c1-2-25-18-12-10-17(11-13-18)23-21(24)20(27-22(23)26)14-16-8-5-7-15-6-3-4-9-19(15)16/h3-14H,2H2,1H3. The molecular weight excluding hydrogens is 374 g/mol. The zero-order valence-corrected chi connectivity index (χ0v) is 16.3. The Balaban J connectivity index is 1.67. The van der Waals surface area contributed by atoms with Crippen LogP contribution >= 0.6 is 24.0 Å². The molecule has 1 saturated heterocycles. The van der Waals surface area contributed by atoms with Gasteiger partial charge in [0.2, 0.25) is 0 Å². The Morgan fingerprint density at radius 2 is 1.78 bits per heavy atom. The fraction of sp³-hybridized carbons (Fsp3) is 0.0909. The van der Waals surface area contributed by atoms with Gasteiger partial charge in [0, 0.05) is 0 Å². The molecule has 4 rings (SSSR count). The molecule has 1 aliphatic heterocycles. The number of carbonyl (C=O) groups excluding carboxylic acids is 1. The first kappa shape index (κ1) is 17.8. The van der Waals surface area contributed by atoms with E-state index in [4.69, 9.17) is 17.0 Å². The van der Waals surface area contributed by atoms with Gasteiger partial charge in [-0.15, -0.1) is 0 Å². The maximum Gasteiger partial charge on any atom is 0.270 e. The summed E-state index contributed by atoms with van der Waals surface area (Å²) in [5.41, 5.74) is 1.77. The number of anilines is 1. The smallest absolute Gasteiger partial charge is 0.270 e. The lowest BCUT2D eigenvalue weighted by molar-refractivity contribution is -0.113. The second-order valence-corrected chi connectivity index (χ2v) is 7.69. The van der Waals surface area contributed by atoms with E-state index in [0.29, 0.717) is 15.8 Å². The molecule has 134 valence electrons. The van der Waals surface area contributed by atoms with Gasteiger partial charge >= 0.3 is 0 Å². The van der Waals surface area contributed by atoms with Gasteiger partial charge in [-0.25, -0.2) is 0 Å². The molecule has 0 aromatic heterocycles. The fourth-order valence-electron chi connectivity index (χ4n) is 3.07. The summed E-state index contributed by atoms with van der Waals surface area (Å²) in [6, 6.07) is 21.7. The number of carbonyl (C=O) groups is 1. The number of thioether (sulfide) groups is 1. The Kier molecular flexibility index (Phi) is 4.97. The molecular formula is C22H17NO2S2. The SMILES string of the molecule is CCOc1ccc(N2C(=O)C(=Cc3cccc4ccccc34)SC2=S)cc1. The van der Waals surface area contributed by atoms with Crippen molar-refractivity contribution in [3.63, 3.8) is 0 Å². The van der Waals surface area contributed by atoms with E-state index in [1.54, 1.807) is 4.90 Å². The predicted octanol–water partition coefficient (Wildman–Crippen LogP) is 5.64. The minimum Gasteiger partial charge on any atom is -0.494 e. The summed E-state index contributed by atoms with van der Waals surface area (Å²) >= 11 is 6.80. The van der Waals surface area contributed by atoms with Crippen LogP contribution in [0.4, 0.5) is 5.69 Å². The number of ether oxygens (including phenoxy) is 1. The van der Waals surface area contributed by atoms with E-state index in [1.165, 1.54) is 11.8 Å². The number of hydrogen-bond donors (Lipinski definition) is 0. The molecule has 27 heavy (non-hydrogen) atoms. The summed E-state index contributed by atoms with van der Waals surface area (Å²) in [6.45, 7) is 2.54. The topological polar surface area (TPSA) is 29.5 Å². The first-order valence-corrected chi connectivity index (χ1v) is 9.88. The molecule has 0 aliphatic carbocycles. The van der Waals surface area contributed by atoms with Crippen molar-refractivity contribution in [2.75, 3.05) is 11.5 Å². The zero-order chi connectivity index (χ0) is 18.8. The lowest BCUT2D eigenvalue weighted by Crippen LogP contribution is -2.27. The Morgan fingerprint density at radius 1 is 1.04 bits per heavy atom. The Hall–Kier alpha value is -2.63. The highest BCUT2D eigenvalue weighted by atomic mass is 32.2. The average molecular weight is 392 g/mol. The van der Waals surface area contributed by atoms with Crippen LogP contribution in [0.5, 0.6) is 5.75 Å². The second-order valence-electron chi connectivity index (χ2n) is 6.01. The lowest BCUT2D eigenvalue weighted by atomic mass is 10.0. The number of amides is 1. The number of benzene rings is 3. The summed E-state index contributed by atoms with van der Waals surface area (Å²) in [5, 5.41) is 2.26. The molecule has 3 aromatic carbocycles. The highest BCUT2D eigenvalue weighted by molar-refractivity contribution is 8.27. The van der Waals surface area contributed by atoms with E-state index in [9.17, 15) is 4.79 Å².